The van der Waals surface area contributed by atoms with E-state index in [-0.39, 0.29) is 0 Å². The van der Waals surface area contributed by atoms with Gasteiger partial charge in [0.15, 0.2) is 0 Å². The molecular formula is C20H32N4O4. The highest BCUT2D eigenvalue weighted by Crippen LogP contribution is 2.20. The van der Waals surface area contributed by atoms with E-state index in [1.165, 1.54) is 23.8 Å². The topological polar surface area (TPSA) is 135 Å². The second-order valence-corrected chi connectivity index (χ2v) is 5.38. The minimum Gasteiger partial charge on any atom is -0.480 e. The first-order valence-corrected chi connectivity index (χ1v) is 8.90. The van der Waals surface area contributed by atoms with Crippen LogP contribution in [-0.2, 0) is 16.3 Å². The average molecular weight is 393 g/mol. The van der Waals surface area contributed by atoms with Gasteiger partial charge < -0.3 is 21.7 Å². The van der Waals surface area contributed by atoms with E-state index in [1.54, 1.807) is 0 Å². The lowest BCUT2D eigenvalue weighted by atomic mass is 10.0. The molecule has 0 heterocycles. The Labute approximate surface area is 166 Å². The number of aliphatic hydroxyl groups is 2. The number of nitrogens with two attached hydrogens (primary N) is 2. The molecule has 2 rings (SSSR count). The zero-order valence-corrected chi connectivity index (χ0v) is 16.5. The third kappa shape index (κ3) is 13.6. The van der Waals surface area contributed by atoms with Gasteiger partial charge in [-0.2, -0.15) is 0 Å². The molecule has 0 aliphatic rings. The van der Waals surface area contributed by atoms with Crippen molar-refractivity contribution < 1.29 is 20.1 Å². The fourth-order valence-corrected chi connectivity index (χ4v) is 2.04. The molecule has 2 aromatic rings. The average Bonchev–Trinajstić information content (AvgIpc) is 2.72. The molecule has 156 valence electrons. The first kappa shape index (κ1) is 25.4. The molecular weight excluding hydrogens is 360 g/mol. The lowest BCUT2D eigenvalue weighted by Gasteiger charge is -2.07. The largest absolute Gasteiger partial charge is 0.480 e. The number of hydrazine groups is 1. The van der Waals surface area contributed by atoms with Crippen molar-refractivity contribution >= 4 is 0 Å². The minimum absolute atomic E-state index is 0.694. The van der Waals surface area contributed by atoms with Gasteiger partial charge in [-0.15, -0.1) is 10.6 Å². The van der Waals surface area contributed by atoms with E-state index in [9.17, 15) is 0 Å². The Hall–Kier alpha value is -2.62. The molecule has 0 atom stereocenters. The van der Waals surface area contributed by atoms with Crippen LogP contribution in [0.4, 0.5) is 0 Å². The molecule has 0 amide bonds. The predicted molar refractivity (Wildman–Crippen MR) is 112 cm³/mol. The van der Waals surface area contributed by atoms with Gasteiger partial charge in [-0.05, 0) is 36.1 Å². The van der Waals surface area contributed by atoms with Gasteiger partial charge in [-0.25, -0.2) is 10.3 Å². The zero-order valence-electron chi connectivity index (χ0n) is 16.5. The summed E-state index contributed by atoms with van der Waals surface area (Å²) in [5, 5.41) is 15.3. The summed E-state index contributed by atoms with van der Waals surface area (Å²) >= 11 is 0. The Morgan fingerprint density at radius 2 is 1.68 bits per heavy atom. The molecule has 8 heteroatoms. The summed E-state index contributed by atoms with van der Waals surface area (Å²) in [6, 6.07) is 19.1. The Kier molecular flexibility index (Phi) is 16.1. The molecule has 0 aliphatic heterocycles. The summed E-state index contributed by atoms with van der Waals surface area (Å²) in [5.74, 6) is -0.843. The van der Waals surface area contributed by atoms with Crippen molar-refractivity contribution in [2.45, 2.75) is 19.8 Å². The first-order valence-electron chi connectivity index (χ1n) is 8.90. The standard InChI is InChI=1S/C16H20N2O2.C2H5NO2.C2H7N/c1-19-20-18-17-12-6-8-14-7-5-11-16(13-14)15-9-3-2-4-10-15;3-1-2(4)5;1-2-3/h2-5,7,9-11,13,17-18H,6,8,12H2,1H3;1,4-5H,3H2;2-3H2,1H3. The zero-order chi connectivity index (χ0) is 21.0. The molecule has 0 bridgehead atoms. The van der Waals surface area contributed by atoms with Crippen LogP contribution in [0.3, 0.4) is 0 Å². The van der Waals surface area contributed by atoms with Crippen molar-refractivity contribution in [2.24, 2.45) is 11.5 Å². The lowest BCUT2D eigenvalue weighted by Crippen LogP contribution is -2.32. The van der Waals surface area contributed by atoms with Gasteiger partial charge in [0.05, 0.1) is 13.3 Å². The molecule has 28 heavy (non-hydrogen) atoms. The third-order valence-corrected chi connectivity index (χ3v) is 3.15. The molecule has 8 nitrogen and oxygen atoms in total. The van der Waals surface area contributed by atoms with Crippen molar-refractivity contribution in [3.63, 3.8) is 0 Å². The molecule has 0 spiro atoms. The van der Waals surface area contributed by atoms with Gasteiger partial charge in [-0.3, -0.25) is 0 Å². The number of hydrogen-bond donors (Lipinski definition) is 6. The van der Waals surface area contributed by atoms with E-state index >= 15 is 0 Å². The highest BCUT2D eigenvalue weighted by Gasteiger charge is 1.99. The van der Waals surface area contributed by atoms with Crippen molar-refractivity contribution in [2.75, 3.05) is 20.2 Å². The number of benzene rings is 2. The van der Waals surface area contributed by atoms with Gasteiger partial charge in [0, 0.05) is 6.54 Å². The predicted octanol–water partition coefficient (Wildman–Crippen LogP) is 2.70. The van der Waals surface area contributed by atoms with E-state index in [2.05, 4.69) is 75.2 Å². The Bertz CT molecular complexity index is 635. The SMILES string of the molecule is CCN.COONNCCCc1cccc(-c2ccccc2)c1.NC=C(O)O. The van der Waals surface area contributed by atoms with Crippen LogP contribution in [0, 0.1) is 0 Å². The summed E-state index contributed by atoms with van der Waals surface area (Å²) in [4.78, 5) is 8.90. The fraction of sp³-hybridized carbons (Fsp3) is 0.300. The number of nitrogens with one attached hydrogen (secondary N) is 2. The Morgan fingerprint density at radius 3 is 2.25 bits per heavy atom. The van der Waals surface area contributed by atoms with Gasteiger partial charge >= 0.3 is 0 Å². The van der Waals surface area contributed by atoms with Crippen LogP contribution in [-0.4, -0.2) is 30.4 Å². The molecule has 0 aliphatic carbocycles. The summed E-state index contributed by atoms with van der Waals surface area (Å²) in [7, 11) is 1.45. The monoisotopic (exact) mass is 392 g/mol. The first-order chi connectivity index (χ1) is 13.6. The number of aliphatic hydroxyl groups excluding tert-OH is 1. The Balaban J connectivity index is 0.000000777. The van der Waals surface area contributed by atoms with Gasteiger partial charge in [-0.1, -0.05) is 61.5 Å². The molecule has 8 N–H and O–H groups in total. The molecule has 0 saturated heterocycles. The quantitative estimate of drug-likeness (QED) is 0.175. The minimum atomic E-state index is -0.843. The van der Waals surface area contributed by atoms with E-state index in [0.717, 1.165) is 25.9 Å². The maximum atomic E-state index is 7.65. The van der Waals surface area contributed by atoms with Crippen LogP contribution in [0.1, 0.15) is 18.9 Å². The van der Waals surface area contributed by atoms with Crippen LogP contribution in [0.2, 0.25) is 0 Å². The van der Waals surface area contributed by atoms with Crippen LogP contribution in [0.15, 0.2) is 66.7 Å². The van der Waals surface area contributed by atoms with Crippen LogP contribution < -0.4 is 22.5 Å². The molecule has 0 radical (unpaired) electrons. The normalized spacial score (nSPS) is 9.39. The van der Waals surface area contributed by atoms with Crippen molar-refractivity contribution in [3.05, 3.63) is 72.3 Å². The van der Waals surface area contributed by atoms with Crippen molar-refractivity contribution in [1.82, 2.24) is 11.0 Å². The van der Waals surface area contributed by atoms with Crippen molar-refractivity contribution in [1.29, 1.82) is 0 Å². The van der Waals surface area contributed by atoms with Gasteiger partial charge in [0.1, 0.15) is 0 Å². The second-order valence-electron chi connectivity index (χ2n) is 5.38. The number of hydrogen-bond acceptors (Lipinski definition) is 8. The summed E-state index contributed by atoms with van der Waals surface area (Å²) < 4.78 is 0. The third-order valence-electron chi connectivity index (χ3n) is 3.15. The van der Waals surface area contributed by atoms with Crippen LogP contribution in [0.5, 0.6) is 0 Å². The number of rotatable bonds is 8. The summed E-state index contributed by atoms with van der Waals surface area (Å²) in [5.41, 5.74) is 18.6. The highest BCUT2D eigenvalue weighted by molar-refractivity contribution is 5.63. The summed E-state index contributed by atoms with van der Waals surface area (Å²) in [6.45, 7) is 3.46. The Morgan fingerprint density at radius 1 is 1.07 bits per heavy atom. The van der Waals surface area contributed by atoms with E-state index < -0.39 is 5.95 Å². The van der Waals surface area contributed by atoms with Gasteiger partial charge in [0.2, 0.25) is 0 Å². The van der Waals surface area contributed by atoms with Gasteiger partial charge in [0.25, 0.3) is 5.95 Å². The van der Waals surface area contributed by atoms with E-state index in [0.29, 0.717) is 6.20 Å². The van der Waals surface area contributed by atoms with Crippen molar-refractivity contribution in [3.8, 4) is 11.1 Å². The highest BCUT2D eigenvalue weighted by atomic mass is 17.3. The summed E-state index contributed by atoms with van der Waals surface area (Å²) in [6.07, 6.45) is 2.72. The maximum absolute atomic E-state index is 7.65. The molecule has 0 aromatic heterocycles. The molecule has 0 saturated carbocycles. The maximum Gasteiger partial charge on any atom is 0.290 e. The second kappa shape index (κ2) is 17.8. The number of aryl methyl sites for hydroxylation is 1. The fourth-order valence-electron chi connectivity index (χ4n) is 2.04. The molecule has 0 fully saturated rings. The van der Waals surface area contributed by atoms with E-state index in [4.69, 9.17) is 15.9 Å². The van der Waals surface area contributed by atoms with Crippen LogP contribution in [0.25, 0.3) is 11.1 Å². The van der Waals surface area contributed by atoms with Crippen LogP contribution >= 0.6 is 0 Å². The van der Waals surface area contributed by atoms with E-state index in [1.807, 2.05) is 13.0 Å². The molecule has 0 unspecified atom stereocenters. The molecule has 2 aromatic carbocycles. The smallest absolute Gasteiger partial charge is 0.290 e. The lowest BCUT2D eigenvalue weighted by molar-refractivity contribution is -0.327.